The van der Waals surface area contributed by atoms with Crippen molar-refractivity contribution in [3.8, 4) is 0 Å². The van der Waals surface area contributed by atoms with Crippen LogP contribution in [-0.4, -0.2) is 57.5 Å². The zero-order valence-electron chi connectivity index (χ0n) is 9.70. The van der Waals surface area contributed by atoms with E-state index >= 15 is 0 Å². The van der Waals surface area contributed by atoms with Gasteiger partial charge in [0.05, 0.1) is 11.5 Å². The second-order valence-corrected chi connectivity index (χ2v) is 6.46. The van der Waals surface area contributed by atoms with Crippen molar-refractivity contribution in [2.75, 3.05) is 38.2 Å². The molecule has 0 aromatic rings. The Kier molecular flexibility index (Phi) is 5.02. The van der Waals surface area contributed by atoms with Crippen molar-refractivity contribution in [2.45, 2.75) is 25.8 Å². The predicted molar refractivity (Wildman–Crippen MR) is 62.8 cm³/mol. The Morgan fingerprint density at radius 2 is 2.07 bits per heavy atom. The van der Waals surface area contributed by atoms with Crippen LogP contribution in [0.3, 0.4) is 0 Å². The molecule has 0 aromatic carbocycles. The van der Waals surface area contributed by atoms with E-state index in [1.165, 1.54) is 0 Å². The second-order valence-electron chi connectivity index (χ2n) is 4.16. The first-order valence-electron chi connectivity index (χ1n) is 5.68. The van der Waals surface area contributed by atoms with E-state index < -0.39 is 9.84 Å². The minimum Gasteiger partial charge on any atom is -0.318 e. The molecule has 1 N–H and O–H groups in total. The Morgan fingerprint density at radius 3 is 2.67 bits per heavy atom. The molecule has 1 fully saturated rings. The molecule has 0 aliphatic carbocycles. The van der Waals surface area contributed by atoms with Crippen molar-refractivity contribution in [1.29, 1.82) is 0 Å². The van der Waals surface area contributed by atoms with E-state index in [0.29, 0.717) is 24.1 Å². The highest BCUT2D eigenvalue weighted by atomic mass is 32.2. The maximum atomic E-state index is 11.4. The lowest BCUT2D eigenvalue weighted by atomic mass is 10.2. The monoisotopic (exact) mass is 234 g/mol. The van der Waals surface area contributed by atoms with Gasteiger partial charge in [-0.3, -0.25) is 4.90 Å². The third kappa shape index (κ3) is 4.09. The third-order valence-corrected chi connectivity index (χ3v) is 4.73. The van der Waals surface area contributed by atoms with Crippen LogP contribution in [0.25, 0.3) is 0 Å². The average Bonchev–Trinajstić information content (AvgIpc) is 2.36. The summed E-state index contributed by atoms with van der Waals surface area (Å²) in [4.78, 5) is 2.31. The van der Waals surface area contributed by atoms with Gasteiger partial charge in [-0.05, 0) is 26.4 Å². The molecule has 1 unspecified atom stereocenters. The van der Waals surface area contributed by atoms with Gasteiger partial charge in [-0.1, -0.05) is 6.92 Å². The fraction of sp³-hybridized carbons (Fsp3) is 1.00. The molecule has 1 aliphatic heterocycles. The summed E-state index contributed by atoms with van der Waals surface area (Å²) >= 11 is 0. The first-order chi connectivity index (χ1) is 7.09. The molecule has 4 nitrogen and oxygen atoms in total. The van der Waals surface area contributed by atoms with Gasteiger partial charge >= 0.3 is 0 Å². The van der Waals surface area contributed by atoms with E-state index in [0.717, 1.165) is 25.9 Å². The van der Waals surface area contributed by atoms with Crippen molar-refractivity contribution in [1.82, 2.24) is 10.2 Å². The second kappa shape index (κ2) is 5.82. The minimum absolute atomic E-state index is 0.327. The molecule has 0 radical (unpaired) electrons. The number of hydrogen-bond donors (Lipinski definition) is 1. The topological polar surface area (TPSA) is 49.4 Å². The van der Waals surface area contributed by atoms with Crippen molar-refractivity contribution >= 4 is 9.84 Å². The number of rotatable bonds is 4. The highest BCUT2D eigenvalue weighted by Gasteiger charge is 2.23. The molecule has 0 aromatic heterocycles. The molecule has 5 heteroatoms. The average molecular weight is 234 g/mol. The molecule has 1 atom stereocenters. The van der Waals surface area contributed by atoms with Gasteiger partial charge in [0.2, 0.25) is 0 Å². The molecule has 1 heterocycles. The van der Waals surface area contributed by atoms with Gasteiger partial charge in [-0.25, -0.2) is 8.42 Å². The smallest absolute Gasteiger partial charge is 0.151 e. The SMILES string of the molecule is CCC(CNC)N1CCCS(=O)(=O)CC1. The zero-order valence-corrected chi connectivity index (χ0v) is 10.5. The van der Waals surface area contributed by atoms with E-state index in [9.17, 15) is 8.42 Å². The standard InChI is InChI=1S/C10H22N2O2S/c1-3-10(9-11-2)12-5-4-7-15(13,14)8-6-12/h10-11H,3-9H2,1-2H3. The van der Waals surface area contributed by atoms with E-state index in [4.69, 9.17) is 0 Å². The van der Waals surface area contributed by atoms with E-state index in [1.807, 2.05) is 7.05 Å². The van der Waals surface area contributed by atoms with E-state index in [2.05, 4.69) is 17.1 Å². The van der Waals surface area contributed by atoms with E-state index in [-0.39, 0.29) is 0 Å². The minimum atomic E-state index is -2.77. The predicted octanol–water partition coefficient (Wildman–Crippen LogP) is 0.105. The summed E-state index contributed by atoms with van der Waals surface area (Å²) in [6.07, 6.45) is 1.85. The Morgan fingerprint density at radius 1 is 1.33 bits per heavy atom. The molecule has 0 saturated carbocycles. The Balaban J connectivity index is 2.55. The molecule has 0 spiro atoms. The lowest BCUT2D eigenvalue weighted by molar-refractivity contribution is 0.203. The molecule has 90 valence electrons. The normalized spacial score (nSPS) is 24.7. The van der Waals surface area contributed by atoms with Crippen LogP contribution in [0.15, 0.2) is 0 Å². The molecular formula is C10H22N2O2S. The van der Waals surface area contributed by atoms with Crippen LogP contribution in [0, 0.1) is 0 Å². The number of likely N-dealkylation sites (N-methyl/N-ethyl adjacent to an activating group) is 1. The highest BCUT2D eigenvalue weighted by Crippen LogP contribution is 2.10. The molecule has 1 saturated heterocycles. The van der Waals surface area contributed by atoms with Gasteiger partial charge in [0.1, 0.15) is 0 Å². The van der Waals surface area contributed by atoms with Gasteiger partial charge in [-0.2, -0.15) is 0 Å². The summed E-state index contributed by atoms with van der Waals surface area (Å²) in [7, 11) is -0.829. The number of nitrogens with zero attached hydrogens (tertiary/aromatic N) is 1. The number of nitrogens with one attached hydrogen (secondary N) is 1. The van der Waals surface area contributed by atoms with Crippen molar-refractivity contribution < 1.29 is 8.42 Å². The van der Waals surface area contributed by atoms with Gasteiger partial charge in [0.15, 0.2) is 9.84 Å². The Labute approximate surface area is 93.0 Å². The lowest BCUT2D eigenvalue weighted by Crippen LogP contribution is -2.42. The largest absolute Gasteiger partial charge is 0.318 e. The van der Waals surface area contributed by atoms with Crippen LogP contribution in [0.4, 0.5) is 0 Å². The van der Waals surface area contributed by atoms with Crippen LogP contribution in [-0.2, 0) is 9.84 Å². The van der Waals surface area contributed by atoms with Gasteiger partial charge in [0, 0.05) is 19.1 Å². The van der Waals surface area contributed by atoms with E-state index in [1.54, 1.807) is 0 Å². The summed E-state index contributed by atoms with van der Waals surface area (Å²) in [5.41, 5.74) is 0. The van der Waals surface area contributed by atoms with Crippen molar-refractivity contribution in [3.05, 3.63) is 0 Å². The van der Waals surface area contributed by atoms with Crippen molar-refractivity contribution in [2.24, 2.45) is 0 Å². The third-order valence-electron chi connectivity index (χ3n) is 3.02. The molecule has 1 rings (SSSR count). The van der Waals surface area contributed by atoms with Crippen LogP contribution < -0.4 is 5.32 Å². The molecule has 15 heavy (non-hydrogen) atoms. The molecule has 0 bridgehead atoms. The summed E-state index contributed by atoms with van der Waals surface area (Å²) in [5.74, 6) is 0.687. The molecule has 0 amide bonds. The number of sulfone groups is 1. The van der Waals surface area contributed by atoms with Gasteiger partial charge < -0.3 is 5.32 Å². The van der Waals surface area contributed by atoms with Crippen LogP contribution >= 0.6 is 0 Å². The summed E-state index contributed by atoms with van der Waals surface area (Å²) in [6, 6.07) is 0.475. The zero-order chi connectivity index (χ0) is 11.3. The number of hydrogen-bond acceptors (Lipinski definition) is 4. The maximum Gasteiger partial charge on any atom is 0.151 e. The maximum absolute atomic E-state index is 11.4. The summed E-state index contributed by atoms with van der Waals surface area (Å²) in [5, 5.41) is 3.17. The van der Waals surface area contributed by atoms with Gasteiger partial charge in [0.25, 0.3) is 0 Å². The molecule has 1 aliphatic rings. The fourth-order valence-corrected chi connectivity index (χ4v) is 3.38. The van der Waals surface area contributed by atoms with Crippen LogP contribution in [0.5, 0.6) is 0 Å². The molecular weight excluding hydrogens is 212 g/mol. The Hall–Kier alpha value is -0.130. The van der Waals surface area contributed by atoms with Crippen LogP contribution in [0.2, 0.25) is 0 Å². The highest BCUT2D eigenvalue weighted by molar-refractivity contribution is 7.91. The summed E-state index contributed by atoms with van der Waals surface area (Å²) < 4.78 is 22.9. The lowest BCUT2D eigenvalue weighted by Gasteiger charge is -2.29. The first kappa shape index (κ1) is 12.9. The van der Waals surface area contributed by atoms with Crippen LogP contribution in [0.1, 0.15) is 19.8 Å². The fourth-order valence-electron chi connectivity index (χ4n) is 2.09. The Bertz CT molecular complexity index is 277. The summed E-state index contributed by atoms with van der Waals surface area (Å²) in [6.45, 7) is 4.71. The quantitative estimate of drug-likeness (QED) is 0.750. The van der Waals surface area contributed by atoms with Gasteiger partial charge in [-0.15, -0.1) is 0 Å². The first-order valence-corrected chi connectivity index (χ1v) is 7.50. The van der Waals surface area contributed by atoms with Crippen molar-refractivity contribution in [3.63, 3.8) is 0 Å².